The number of ether oxygens (including phenoxy) is 5. The molecule has 0 aliphatic carbocycles. The molecule has 2 aliphatic heterocycles. The standard InChI is InChI=1S/C63H96O11SSi3/c1-17-77(18-2,19-3)74-53(37-29-30-42-70-78(62(9,10)11,51-33-25-21-26-34-51)52-35-27-22-28-36-52)46(4)54(73-76(15,16)61(6,7)8)43-56(75(65,66)50-31-23-20-24-32-50)57(64)58-47(5)59(60-55(71-58)45-69-63(12,13)72-60)68-44-48-38-40-49(67-14)41-39-48/h20-28,31-36,38-41,46-47,53-56,58-60H,17-19,29-30,37,42-45H2,1-16H3/t46-,47-,53+,54-,55+,56?,58+,59+,60+/m0/s1. The van der Waals surface area contributed by atoms with E-state index in [1.165, 1.54) is 10.4 Å². The van der Waals surface area contributed by atoms with E-state index in [0.29, 0.717) is 6.61 Å². The van der Waals surface area contributed by atoms with Crippen molar-refractivity contribution in [3.63, 3.8) is 0 Å². The van der Waals surface area contributed by atoms with E-state index in [9.17, 15) is 0 Å². The van der Waals surface area contributed by atoms with Crippen LogP contribution in [-0.4, -0.2) is 107 Å². The van der Waals surface area contributed by atoms with Gasteiger partial charge in [0.15, 0.2) is 38.0 Å². The van der Waals surface area contributed by atoms with Crippen LogP contribution in [0.5, 0.6) is 5.75 Å². The summed E-state index contributed by atoms with van der Waals surface area (Å²) in [5.74, 6) is -1.64. The van der Waals surface area contributed by atoms with Gasteiger partial charge in [0.25, 0.3) is 8.32 Å². The summed E-state index contributed by atoms with van der Waals surface area (Å²) in [4.78, 5) is 16.0. The summed E-state index contributed by atoms with van der Waals surface area (Å²) in [5, 5.41) is 0.575. The number of fused-ring (bicyclic) bond motifs is 1. The van der Waals surface area contributed by atoms with Crippen molar-refractivity contribution in [2.24, 2.45) is 11.8 Å². The second kappa shape index (κ2) is 26.7. The molecule has 15 heteroatoms. The van der Waals surface area contributed by atoms with Gasteiger partial charge in [-0.25, -0.2) is 8.42 Å². The van der Waals surface area contributed by atoms with Gasteiger partial charge in [0.2, 0.25) is 0 Å². The predicted molar refractivity (Wildman–Crippen MR) is 322 cm³/mol. The number of methoxy groups -OCH3 is 1. The second-order valence-corrected chi connectivity index (χ2v) is 41.0. The van der Waals surface area contributed by atoms with Crippen molar-refractivity contribution < 1.29 is 50.2 Å². The highest BCUT2D eigenvalue weighted by atomic mass is 32.2. The lowest BCUT2D eigenvalue weighted by molar-refractivity contribution is -0.353. The molecule has 2 fully saturated rings. The van der Waals surface area contributed by atoms with Gasteiger partial charge >= 0.3 is 0 Å². The van der Waals surface area contributed by atoms with Crippen LogP contribution in [0, 0.1) is 11.8 Å². The molecule has 0 aromatic heterocycles. The van der Waals surface area contributed by atoms with E-state index in [4.69, 9.17) is 37.0 Å². The van der Waals surface area contributed by atoms with Gasteiger partial charge in [0, 0.05) is 18.4 Å². The molecule has 0 radical (unpaired) electrons. The van der Waals surface area contributed by atoms with E-state index >= 15 is 13.2 Å². The Bertz CT molecular complexity index is 2540. The van der Waals surface area contributed by atoms with Gasteiger partial charge in [-0.3, -0.25) is 4.79 Å². The average molecular weight is 1150 g/mol. The first-order valence-corrected chi connectivity index (χ1v) is 37.7. The molecule has 9 atom stereocenters. The number of hydrogen-bond donors (Lipinski definition) is 0. The number of rotatable bonds is 27. The molecule has 0 bridgehead atoms. The third-order valence-electron chi connectivity index (χ3n) is 17.5. The number of ketones is 1. The van der Waals surface area contributed by atoms with Crippen molar-refractivity contribution in [2.75, 3.05) is 20.3 Å². The molecule has 0 spiro atoms. The zero-order chi connectivity index (χ0) is 57.3. The predicted octanol–water partition coefficient (Wildman–Crippen LogP) is 13.1. The fourth-order valence-corrected chi connectivity index (χ4v) is 22.1. The highest BCUT2D eigenvalue weighted by Gasteiger charge is 2.56. The Balaban J connectivity index is 1.38. The summed E-state index contributed by atoms with van der Waals surface area (Å²) < 4.78 is 85.3. The lowest BCUT2D eigenvalue weighted by atomic mass is 9.83. The van der Waals surface area contributed by atoms with Crippen LogP contribution in [0.15, 0.2) is 120 Å². The highest BCUT2D eigenvalue weighted by Crippen LogP contribution is 2.44. The van der Waals surface area contributed by atoms with Crippen molar-refractivity contribution >= 4 is 50.9 Å². The zero-order valence-electron chi connectivity index (χ0n) is 50.1. The Morgan fingerprint density at radius 1 is 0.756 bits per heavy atom. The van der Waals surface area contributed by atoms with Gasteiger partial charge in [-0.1, -0.05) is 167 Å². The van der Waals surface area contributed by atoms with E-state index in [1.54, 1.807) is 37.4 Å². The minimum atomic E-state index is -4.35. The minimum Gasteiger partial charge on any atom is -0.497 e. The molecule has 432 valence electrons. The van der Waals surface area contributed by atoms with E-state index in [1.807, 2.05) is 45.0 Å². The first kappa shape index (κ1) is 63.8. The van der Waals surface area contributed by atoms with Gasteiger partial charge < -0.3 is 37.0 Å². The molecular formula is C63H96O11SSi3. The van der Waals surface area contributed by atoms with Gasteiger partial charge in [-0.2, -0.15) is 0 Å². The Labute approximate surface area is 473 Å². The molecule has 4 aromatic rings. The van der Waals surface area contributed by atoms with E-state index < -0.39 is 88.0 Å². The van der Waals surface area contributed by atoms with Crippen molar-refractivity contribution in [3.8, 4) is 5.75 Å². The van der Waals surface area contributed by atoms with Crippen molar-refractivity contribution in [1.82, 2.24) is 0 Å². The quantitative estimate of drug-likeness (QED) is 0.0418. The molecule has 78 heavy (non-hydrogen) atoms. The van der Waals surface area contributed by atoms with Crippen LogP contribution < -0.4 is 15.1 Å². The monoisotopic (exact) mass is 1140 g/mol. The lowest BCUT2D eigenvalue weighted by Gasteiger charge is -2.51. The Hall–Kier alpha value is -3.33. The summed E-state index contributed by atoms with van der Waals surface area (Å²) in [6.07, 6.45) is -1.80. The Morgan fingerprint density at radius 3 is 1.82 bits per heavy atom. The lowest BCUT2D eigenvalue weighted by Crippen LogP contribution is -2.66. The second-order valence-electron chi connectivity index (χ2n) is 25.0. The smallest absolute Gasteiger partial charge is 0.261 e. The normalized spacial score (nSPS) is 22.0. The Morgan fingerprint density at radius 2 is 1.31 bits per heavy atom. The van der Waals surface area contributed by atoms with E-state index in [-0.39, 0.29) is 46.6 Å². The van der Waals surface area contributed by atoms with E-state index in [2.05, 4.69) is 143 Å². The fraction of sp³-hybridized carbons (Fsp3) is 0.603. The number of unbranched alkanes of at least 4 members (excludes halogenated alkanes) is 1. The molecule has 4 aromatic carbocycles. The maximum atomic E-state index is 15.9. The number of Topliss-reactive ketones (excluding diaryl/α,β-unsaturated/α-hetero) is 1. The van der Waals surface area contributed by atoms with Crippen LogP contribution in [0.25, 0.3) is 0 Å². The van der Waals surface area contributed by atoms with Crippen molar-refractivity contribution in [1.29, 1.82) is 0 Å². The number of benzene rings is 4. The number of hydrogen-bond acceptors (Lipinski definition) is 11. The molecule has 6 rings (SSSR count). The van der Waals surface area contributed by atoms with Crippen molar-refractivity contribution in [3.05, 3.63) is 121 Å². The van der Waals surface area contributed by atoms with Crippen LogP contribution >= 0.6 is 0 Å². The van der Waals surface area contributed by atoms with Gasteiger partial charge in [-0.15, -0.1) is 0 Å². The van der Waals surface area contributed by atoms with Crippen LogP contribution in [-0.2, 0) is 53.5 Å². The molecule has 2 aliphatic rings. The zero-order valence-corrected chi connectivity index (χ0v) is 54.0. The van der Waals surface area contributed by atoms with Crippen LogP contribution in [0.4, 0.5) is 0 Å². The summed E-state index contributed by atoms with van der Waals surface area (Å²) in [6.45, 7) is 33.4. The molecule has 2 heterocycles. The molecule has 0 amide bonds. The largest absolute Gasteiger partial charge is 0.497 e. The third-order valence-corrected chi connectivity index (χ3v) is 33.8. The van der Waals surface area contributed by atoms with Gasteiger partial charge in [0.05, 0.1) is 43.5 Å². The first-order valence-electron chi connectivity index (χ1n) is 28.8. The van der Waals surface area contributed by atoms with Crippen LogP contribution in [0.3, 0.4) is 0 Å². The molecule has 0 saturated carbocycles. The molecule has 1 unspecified atom stereocenters. The SMILES string of the molecule is CC[Si](CC)(CC)O[C@H](CCCCO[Si](c1ccccc1)(c1ccccc1)C(C)(C)C)[C@H](C)[C@H](CC(C(=O)[C@@H]1O[C@@H]2COC(C)(C)O[C@H]2[C@H](OCc2ccc(OC)cc2)[C@H]1C)S(=O)(=O)c1ccccc1)O[Si](C)(C)C(C)(C)C. The van der Waals surface area contributed by atoms with Crippen LogP contribution in [0.1, 0.15) is 121 Å². The number of sulfone groups is 1. The number of carbonyl (C=O) groups is 1. The average Bonchev–Trinajstić information content (AvgIpc) is 3.51. The summed E-state index contributed by atoms with van der Waals surface area (Å²) >= 11 is 0. The van der Waals surface area contributed by atoms with Gasteiger partial charge in [-0.05, 0) is 121 Å². The fourth-order valence-electron chi connectivity index (χ4n) is 11.4. The maximum Gasteiger partial charge on any atom is 0.261 e. The summed E-state index contributed by atoms with van der Waals surface area (Å²) in [5.41, 5.74) is 0.911. The highest BCUT2D eigenvalue weighted by molar-refractivity contribution is 7.92. The van der Waals surface area contributed by atoms with Crippen LogP contribution in [0.2, 0.25) is 41.3 Å². The molecular weight excluding hydrogens is 1050 g/mol. The van der Waals surface area contributed by atoms with Crippen molar-refractivity contribution in [2.45, 2.75) is 216 Å². The maximum absolute atomic E-state index is 15.9. The molecule has 0 N–H and O–H groups in total. The Kier molecular flexibility index (Phi) is 21.9. The topological polar surface area (TPSA) is 125 Å². The van der Waals surface area contributed by atoms with E-state index in [0.717, 1.165) is 48.7 Å². The molecule has 11 nitrogen and oxygen atoms in total. The summed E-state index contributed by atoms with van der Waals surface area (Å²) in [7, 11) is -10.4. The third kappa shape index (κ3) is 14.8. The first-order chi connectivity index (χ1) is 36.7. The van der Waals surface area contributed by atoms with Gasteiger partial charge in [0.1, 0.15) is 29.3 Å². The minimum absolute atomic E-state index is 0.0740. The molecule has 2 saturated heterocycles. The number of carbonyl (C=O) groups excluding carboxylic acids is 1. The summed E-state index contributed by atoms with van der Waals surface area (Å²) in [6, 6.07) is 40.4.